The Bertz CT molecular complexity index is 1070. The highest BCUT2D eigenvalue weighted by atomic mass is 79.9. The van der Waals surface area contributed by atoms with Gasteiger partial charge in [-0.1, -0.05) is 12.1 Å². The van der Waals surface area contributed by atoms with Crippen LogP contribution in [-0.2, 0) is 11.2 Å². The number of hydrogen-bond acceptors (Lipinski definition) is 4. The van der Waals surface area contributed by atoms with Crippen LogP contribution in [0.1, 0.15) is 70.4 Å². The third kappa shape index (κ3) is 4.91. The predicted octanol–water partition coefficient (Wildman–Crippen LogP) is 6.16. The molecule has 1 atom stereocenters. The van der Waals surface area contributed by atoms with E-state index in [4.69, 9.17) is 4.74 Å². The van der Waals surface area contributed by atoms with Crippen LogP contribution in [0.2, 0.25) is 0 Å². The summed E-state index contributed by atoms with van der Waals surface area (Å²) in [6.45, 7) is 1.97. The number of rotatable bonds is 5. The molecule has 2 aliphatic rings. The number of amides is 1. The summed E-state index contributed by atoms with van der Waals surface area (Å²) >= 11 is 3.53. The largest absolute Gasteiger partial charge is 0.496 e. The molecule has 0 aliphatic heterocycles. The van der Waals surface area contributed by atoms with Crippen LogP contribution in [0, 0.1) is 24.7 Å². The van der Waals surface area contributed by atoms with E-state index in [2.05, 4.69) is 21.2 Å². The average molecular weight is 512 g/mol. The zero-order valence-corrected chi connectivity index (χ0v) is 20.7. The molecule has 2 aromatic carbocycles. The lowest BCUT2D eigenvalue weighted by Crippen LogP contribution is -2.32. The van der Waals surface area contributed by atoms with E-state index in [-0.39, 0.29) is 23.5 Å². The number of aryl methyl sites for hydroxylation is 1. The normalized spacial score (nSPS) is 22.8. The Morgan fingerprint density at radius 2 is 1.88 bits per heavy atom. The van der Waals surface area contributed by atoms with E-state index in [0.717, 1.165) is 83.8 Å². The molecule has 174 valence electrons. The van der Waals surface area contributed by atoms with Crippen LogP contribution >= 0.6 is 15.9 Å². The lowest BCUT2D eigenvalue weighted by Gasteiger charge is -2.32. The number of methoxy groups -OCH3 is 1. The van der Waals surface area contributed by atoms with Crippen LogP contribution in [0.4, 0.5) is 5.69 Å². The second-order valence-electron chi connectivity index (χ2n) is 9.26. The quantitative estimate of drug-likeness (QED) is 0.385. The molecule has 0 radical (unpaired) electrons. The molecule has 1 N–H and O–H groups in total. The minimum Gasteiger partial charge on any atom is -0.496 e. The standard InChI is InChI=1S/C27H30BrNO4/c1-16-6-12-20(14-24(16)33-2)29-27(32)18-9-7-17(8-10-18)21-4-3-5-22-23(26(21)31)13-11-19(15-30)25(22)28/h6,11-15,17-18,21H,3-5,7-10H2,1-2H3,(H,29,32). The summed E-state index contributed by atoms with van der Waals surface area (Å²) in [5, 5.41) is 3.04. The third-order valence-corrected chi connectivity index (χ3v) is 8.27. The summed E-state index contributed by atoms with van der Waals surface area (Å²) in [5.74, 6) is 1.26. The summed E-state index contributed by atoms with van der Waals surface area (Å²) in [4.78, 5) is 37.6. The maximum atomic E-state index is 13.4. The van der Waals surface area contributed by atoms with Crippen molar-refractivity contribution in [1.82, 2.24) is 0 Å². The van der Waals surface area contributed by atoms with Crippen LogP contribution in [-0.4, -0.2) is 25.1 Å². The first-order valence-electron chi connectivity index (χ1n) is 11.7. The Kier molecular flexibility index (Phi) is 7.32. The van der Waals surface area contributed by atoms with Gasteiger partial charge in [0.05, 0.1) is 7.11 Å². The lowest BCUT2D eigenvalue weighted by atomic mass is 9.72. The minimum absolute atomic E-state index is 0.00870. The molecule has 33 heavy (non-hydrogen) atoms. The maximum Gasteiger partial charge on any atom is 0.227 e. The Balaban J connectivity index is 1.40. The molecule has 5 nitrogen and oxygen atoms in total. The second kappa shape index (κ2) is 10.2. The molecule has 6 heteroatoms. The fourth-order valence-electron chi connectivity index (χ4n) is 5.41. The van der Waals surface area contributed by atoms with E-state index < -0.39 is 0 Å². The van der Waals surface area contributed by atoms with E-state index in [9.17, 15) is 14.4 Å². The summed E-state index contributed by atoms with van der Waals surface area (Å²) in [7, 11) is 1.63. The predicted molar refractivity (Wildman–Crippen MR) is 132 cm³/mol. The number of ether oxygens (including phenoxy) is 1. The molecule has 4 rings (SSSR count). The van der Waals surface area contributed by atoms with Gasteiger partial charge in [-0.2, -0.15) is 0 Å². The molecule has 2 aliphatic carbocycles. The molecule has 0 saturated heterocycles. The van der Waals surface area contributed by atoms with E-state index in [1.165, 1.54) is 0 Å². The maximum absolute atomic E-state index is 13.4. The van der Waals surface area contributed by atoms with Crippen LogP contribution in [0.3, 0.4) is 0 Å². The molecular formula is C27H30BrNO4. The van der Waals surface area contributed by atoms with Crippen LogP contribution < -0.4 is 10.1 Å². The Morgan fingerprint density at radius 1 is 1.12 bits per heavy atom. The average Bonchev–Trinajstić information content (AvgIpc) is 3.00. The third-order valence-electron chi connectivity index (χ3n) is 7.33. The molecule has 0 bridgehead atoms. The van der Waals surface area contributed by atoms with Crippen molar-refractivity contribution in [2.45, 2.75) is 51.9 Å². The summed E-state index contributed by atoms with van der Waals surface area (Å²) < 4.78 is 6.12. The fourth-order valence-corrected chi connectivity index (χ4v) is 6.05. The van der Waals surface area contributed by atoms with Gasteiger partial charge in [0.15, 0.2) is 12.1 Å². The van der Waals surface area contributed by atoms with Gasteiger partial charge >= 0.3 is 0 Å². The molecule has 1 saturated carbocycles. The number of hydrogen-bond donors (Lipinski definition) is 1. The molecule has 0 heterocycles. The first kappa shape index (κ1) is 23.7. The molecule has 2 aromatic rings. The first-order chi connectivity index (χ1) is 15.9. The molecule has 1 fully saturated rings. The van der Waals surface area contributed by atoms with Gasteiger partial charge < -0.3 is 10.1 Å². The van der Waals surface area contributed by atoms with E-state index in [1.54, 1.807) is 13.2 Å². The summed E-state index contributed by atoms with van der Waals surface area (Å²) in [5.41, 5.74) is 4.09. The van der Waals surface area contributed by atoms with E-state index in [0.29, 0.717) is 11.5 Å². The van der Waals surface area contributed by atoms with Crippen molar-refractivity contribution in [1.29, 1.82) is 0 Å². The number of halogens is 1. The number of nitrogens with one attached hydrogen (secondary N) is 1. The van der Waals surface area contributed by atoms with Crippen LogP contribution in [0.15, 0.2) is 34.8 Å². The number of Topliss-reactive ketones (excluding diaryl/α,β-unsaturated/α-hetero) is 1. The number of ketones is 1. The minimum atomic E-state index is -0.0361. The zero-order valence-electron chi connectivity index (χ0n) is 19.2. The number of carbonyl (C=O) groups is 3. The topological polar surface area (TPSA) is 72.5 Å². The summed E-state index contributed by atoms with van der Waals surface area (Å²) in [6, 6.07) is 9.25. The molecule has 1 amide bonds. The van der Waals surface area contributed by atoms with Gasteiger partial charge in [-0.05, 0) is 97.0 Å². The second-order valence-corrected chi connectivity index (χ2v) is 10.1. The van der Waals surface area contributed by atoms with Crippen molar-refractivity contribution in [3.8, 4) is 5.75 Å². The van der Waals surface area contributed by atoms with Gasteiger partial charge in [0, 0.05) is 39.2 Å². The van der Waals surface area contributed by atoms with Crippen LogP contribution in [0.5, 0.6) is 5.75 Å². The Hall–Kier alpha value is -2.47. The van der Waals surface area contributed by atoms with Crippen molar-refractivity contribution < 1.29 is 19.1 Å². The lowest BCUT2D eigenvalue weighted by molar-refractivity contribution is -0.121. The number of anilines is 1. The summed E-state index contributed by atoms with van der Waals surface area (Å²) in [6.07, 6.45) is 6.78. The van der Waals surface area contributed by atoms with Crippen molar-refractivity contribution in [3.63, 3.8) is 0 Å². The van der Waals surface area contributed by atoms with E-state index in [1.807, 2.05) is 31.2 Å². The molecule has 0 spiro atoms. The zero-order chi connectivity index (χ0) is 23.5. The first-order valence-corrected chi connectivity index (χ1v) is 12.5. The highest BCUT2D eigenvalue weighted by Crippen LogP contribution is 2.41. The van der Waals surface area contributed by atoms with E-state index >= 15 is 0 Å². The highest BCUT2D eigenvalue weighted by Gasteiger charge is 2.36. The number of aldehydes is 1. The van der Waals surface area contributed by atoms with Gasteiger partial charge in [-0.3, -0.25) is 14.4 Å². The van der Waals surface area contributed by atoms with Gasteiger partial charge in [0.1, 0.15) is 5.75 Å². The Morgan fingerprint density at radius 3 is 2.58 bits per heavy atom. The van der Waals surface area contributed by atoms with Crippen molar-refractivity contribution in [3.05, 3.63) is 57.1 Å². The monoisotopic (exact) mass is 511 g/mol. The Labute approximate surface area is 203 Å². The van der Waals surface area contributed by atoms with Crippen molar-refractivity contribution in [2.75, 3.05) is 12.4 Å². The number of carbonyl (C=O) groups excluding carboxylic acids is 3. The SMILES string of the molecule is COc1cc(NC(=O)C2CCC(C3CCCc4c(ccc(C=O)c4Br)C3=O)CC2)ccc1C. The van der Waals surface area contributed by atoms with Gasteiger partial charge in [-0.15, -0.1) is 0 Å². The number of fused-ring (bicyclic) bond motifs is 1. The van der Waals surface area contributed by atoms with Crippen molar-refractivity contribution in [2.24, 2.45) is 17.8 Å². The number of benzene rings is 2. The van der Waals surface area contributed by atoms with Crippen molar-refractivity contribution >= 4 is 39.6 Å². The van der Waals surface area contributed by atoms with Crippen LogP contribution in [0.25, 0.3) is 0 Å². The van der Waals surface area contributed by atoms with Gasteiger partial charge in [-0.25, -0.2) is 0 Å². The van der Waals surface area contributed by atoms with Gasteiger partial charge in [0.25, 0.3) is 0 Å². The molecular weight excluding hydrogens is 482 g/mol. The fraction of sp³-hybridized carbons (Fsp3) is 0.444. The highest BCUT2D eigenvalue weighted by molar-refractivity contribution is 9.10. The molecule has 1 unspecified atom stereocenters. The van der Waals surface area contributed by atoms with Gasteiger partial charge in [0.2, 0.25) is 5.91 Å². The smallest absolute Gasteiger partial charge is 0.227 e. The molecule has 0 aromatic heterocycles.